The molecule has 0 aliphatic rings. The van der Waals surface area contributed by atoms with Crippen molar-refractivity contribution in [2.45, 2.75) is 45.7 Å². The molecule has 0 radical (unpaired) electrons. The van der Waals surface area contributed by atoms with Crippen LogP contribution in [0.25, 0.3) is 0 Å². The molecule has 5 nitrogen and oxygen atoms in total. The van der Waals surface area contributed by atoms with Crippen LogP contribution in [0.5, 0.6) is 0 Å². The number of benzene rings is 1. The van der Waals surface area contributed by atoms with Crippen LogP contribution in [-0.2, 0) is 9.53 Å². The maximum Gasteiger partial charge on any atom is 0.407 e. The molecular formula is C16H24N2O3. The standard InChI is InChI=1S/C16H24N2O3/c1-4-12(3)17-15(19)11-14(18-16(20)21-5-2)13-9-7-6-8-10-13/h6-10,12,14H,4-5,11H2,1-3H3,(H,17,19)(H,18,20). The third-order valence-corrected chi connectivity index (χ3v) is 3.18. The zero-order chi connectivity index (χ0) is 15.7. The Kier molecular flexibility index (Phi) is 7.29. The molecule has 0 bridgehead atoms. The Balaban J connectivity index is 2.73. The minimum absolute atomic E-state index is 0.0880. The molecule has 0 saturated carbocycles. The van der Waals surface area contributed by atoms with Gasteiger partial charge in [-0.05, 0) is 25.8 Å². The Morgan fingerprint density at radius 1 is 1.14 bits per heavy atom. The quantitative estimate of drug-likeness (QED) is 0.812. The fourth-order valence-corrected chi connectivity index (χ4v) is 1.87. The second-order valence-corrected chi connectivity index (χ2v) is 4.91. The highest BCUT2D eigenvalue weighted by Crippen LogP contribution is 2.16. The lowest BCUT2D eigenvalue weighted by atomic mass is 10.0. The molecule has 0 saturated heterocycles. The molecule has 116 valence electrons. The highest BCUT2D eigenvalue weighted by atomic mass is 16.5. The summed E-state index contributed by atoms with van der Waals surface area (Å²) in [5.41, 5.74) is 0.879. The van der Waals surface area contributed by atoms with Gasteiger partial charge in [0.1, 0.15) is 0 Å². The highest BCUT2D eigenvalue weighted by molar-refractivity contribution is 5.78. The summed E-state index contributed by atoms with van der Waals surface area (Å²) >= 11 is 0. The van der Waals surface area contributed by atoms with E-state index in [0.29, 0.717) is 6.61 Å². The minimum Gasteiger partial charge on any atom is -0.450 e. The van der Waals surface area contributed by atoms with Gasteiger partial charge in [0.25, 0.3) is 0 Å². The zero-order valence-corrected chi connectivity index (χ0v) is 12.9. The second kappa shape index (κ2) is 9.00. The molecule has 0 heterocycles. The van der Waals surface area contributed by atoms with Crippen molar-refractivity contribution in [3.05, 3.63) is 35.9 Å². The predicted molar refractivity (Wildman–Crippen MR) is 81.9 cm³/mol. The summed E-state index contributed by atoms with van der Waals surface area (Å²) in [4.78, 5) is 23.7. The summed E-state index contributed by atoms with van der Waals surface area (Å²) in [6.45, 7) is 6.00. The van der Waals surface area contributed by atoms with Gasteiger partial charge >= 0.3 is 6.09 Å². The molecule has 1 aromatic rings. The molecule has 2 amide bonds. The lowest BCUT2D eigenvalue weighted by Gasteiger charge is -2.20. The van der Waals surface area contributed by atoms with Crippen molar-refractivity contribution in [3.63, 3.8) is 0 Å². The van der Waals surface area contributed by atoms with Crippen molar-refractivity contribution in [2.24, 2.45) is 0 Å². The summed E-state index contributed by atoms with van der Waals surface area (Å²) in [5, 5.41) is 5.64. The monoisotopic (exact) mass is 292 g/mol. The predicted octanol–water partition coefficient (Wildman–Crippen LogP) is 2.78. The Morgan fingerprint density at radius 3 is 2.38 bits per heavy atom. The smallest absolute Gasteiger partial charge is 0.407 e. The molecule has 0 aliphatic heterocycles. The number of nitrogens with one attached hydrogen (secondary N) is 2. The largest absolute Gasteiger partial charge is 0.450 e. The Morgan fingerprint density at radius 2 is 1.81 bits per heavy atom. The minimum atomic E-state index is -0.511. The number of alkyl carbamates (subject to hydrolysis) is 1. The first-order chi connectivity index (χ1) is 10.1. The molecule has 21 heavy (non-hydrogen) atoms. The van der Waals surface area contributed by atoms with E-state index in [9.17, 15) is 9.59 Å². The summed E-state index contributed by atoms with van der Waals surface area (Å²) < 4.78 is 4.90. The Bertz CT molecular complexity index is 448. The third-order valence-electron chi connectivity index (χ3n) is 3.18. The topological polar surface area (TPSA) is 67.4 Å². The fraction of sp³-hybridized carbons (Fsp3) is 0.500. The fourth-order valence-electron chi connectivity index (χ4n) is 1.87. The number of rotatable bonds is 7. The number of carbonyl (C=O) groups is 2. The van der Waals surface area contributed by atoms with E-state index in [0.717, 1.165) is 12.0 Å². The van der Waals surface area contributed by atoms with Gasteiger partial charge in [0.05, 0.1) is 19.1 Å². The van der Waals surface area contributed by atoms with E-state index in [1.807, 2.05) is 44.2 Å². The van der Waals surface area contributed by atoms with Gasteiger partial charge in [-0.1, -0.05) is 37.3 Å². The van der Waals surface area contributed by atoms with Crippen molar-refractivity contribution in [2.75, 3.05) is 6.61 Å². The van der Waals surface area contributed by atoms with Crippen LogP contribution in [-0.4, -0.2) is 24.6 Å². The second-order valence-electron chi connectivity index (χ2n) is 4.91. The van der Waals surface area contributed by atoms with Gasteiger partial charge in [-0.15, -0.1) is 0 Å². The molecule has 0 spiro atoms. The first kappa shape index (κ1) is 17.0. The van der Waals surface area contributed by atoms with Crippen LogP contribution in [0.3, 0.4) is 0 Å². The van der Waals surface area contributed by atoms with E-state index in [1.54, 1.807) is 6.92 Å². The average Bonchev–Trinajstić information content (AvgIpc) is 2.47. The van der Waals surface area contributed by atoms with Crippen LogP contribution in [0.2, 0.25) is 0 Å². The number of hydrogen-bond acceptors (Lipinski definition) is 3. The molecule has 0 aliphatic carbocycles. The Labute approximate surface area is 126 Å². The molecule has 1 rings (SSSR count). The van der Waals surface area contributed by atoms with Crippen molar-refractivity contribution in [3.8, 4) is 0 Å². The van der Waals surface area contributed by atoms with Gasteiger partial charge in [-0.3, -0.25) is 4.79 Å². The van der Waals surface area contributed by atoms with Crippen molar-refractivity contribution >= 4 is 12.0 Å². The van der Waals surface area contributed by atoms with E-state index in [4.69, 9.17) is 4.74 Å². The van der Waals surface area contributed by atoms with Gasteiger partial charge in [0, 0.05) is 6.04 Å². The summed E-state index contributed by atoms with van der Waals surface area (Å²) in [6, 6.07) is 9.14. The van der Waals surface area contributed by atoms with Crippen LogP contribution < -0.4 is 10.6 Å². The number of carbonyl (C=O) groups excluding carboxylic acids is 2. The van der Waals surface area contributed by atoms with E-state index in [2.05, 4.69) is 10.6 Å². The van der Waals surface area contributed by atoms with Crippen LogP contribution in [0.1, 0.15) is 45.2 Å². The summed E-state index contributed by atoms with van der Waals surface area (Å²) in [7, 11) is 0. The molecule has 0 fully saturated rings. The average molecular weight is 292 g/mol. The van der Waals surface area contributed by atoms with Crippen LogP contribution in [0.15, 0.2) is 30.3 Å². The number of hydrogen-bond donors (Lipinski definition) is 2. The van der Waals surface area contributed by atoms with Gasteiger partial charge < -0.3 is 15.4 Å². The normalized spacial score (nSPS) is 13.1. The third kappa shape index (κ3) is 6.29. The van der Waals surface area contributed by atoms with Gasteiger partial charge in [0.15, 0.2) is 0 Å². The molecule has 2 atom stereocenters. The maximum absolute atomic E-state index is 12.0. The van der Waals surface area contributed by atoms with Crippen molar-refractivity contribution in [1.82, 2.24) is 10.6 Å². The SMILES string of the molecule is CCOC(=O)NC(CC(=O)NC(C)CC)c1ccccc1. The maximum atomic E-state index is 12.0. The summed E-state index contributed by atoms with van der Waals surface area (Å²) in [6.07, 6.45) is 0.544. The van der Waals surface area contributed by atoms with Crippen molar-refractivity contribution < 1.29 is 14.3 Å². The van der Waals surface area contributed by atoms with E-state index < -0.39 is 12.1 Å². The van der Waals surface area contributed by atoms with E-state index >= 15 is 0 Å². The molecule has 5 heteroatoms. The molecule has 2 unspecified atom stereocenters. The highest BCUT2D eigenvalue weighted by Gasteiger charge is 2.19. The van der Waals surface area contributed by atoms with E-state index in [-0.39, 0.29) is 18.4 Å². The molecular weight excluding hydrogens is 268 g/mol. The van der Waals surface area contributed by atoms with Crippen LogP contribution in [0.4, 0.5) is 4.79 Å². The summed E-state index contributed by atoms with van der Waals surface area (Å²) in [5.74, 6) is -0.0880. The van der Waals surface area contributed by atoms with Crippen LogP contribution >= 0.6 is 0 Å². The van der Waals surface area contributed by atoms with E-state index in [1.165, 1.54) is 0 Å². The first-order valence-electron chi connectivity index (χ1n) is 7.34. The number of ether oxygens (including phenoxy) is 1. The van der Waals surface area contributed by atoms with Crippen LogP contribution in [0, 0.1) is 0 Å². The van der Waals surface area contributed by atoms with Gasteiger partial charge in [0.2, 0.25) is 5.91 Å². The van der Waals surface area contributed by atoms with Gasteiger partial charge in [-0.2, -0.15) is 0 Å². The Hall–Kier alpha value is -2.04. The molecule has 0 aromatic heterocycles. The molecule has 1 aromatic carbocycles. The lowest BCUT2D eigenvalue weighted by molar-refractivity contribution is -0.122. The van der Waals surface area contributed by atoms with Crippen molar-refractivity contribution in [1.29, 1.82) is 0 Å². The zero-order valence-electron chi connectivity index (χ0n) is 12.9. The first-order valence-corrected chi connectivity index (χ1v) is 7.34. The van der Waals surface area contributed by atoms with Gasteiger partial charge in [-0.25, -0.2) is 4.79 Å². The lowest BCUT2D eigenvalue weighted by Crippen LogP contribution is -2.37. The molecule has 2 N–H and O–H groups in total. The number of amides is 2.